The summed E-state index contributed by atoms with van der Waals surface area (Å²) in [5.41, 5.74) is 0. The van der Waals surface area contributed by atoms with Gasteiger partial charge in [-0.3, -0.25) is 0 Å². The molecule has 0 aliphatic heterocycles. The molecule has 2 aromatic heterocycles. The second-order valence-electron chi connectivity index (χ2n) is 4.57. The molecule has 5 nitrogen and oxygen atoms in total. The van der Waals surface area contributed by atoms with E-state index >= 15 is 0 Å². The molecule has 2 heterocycles. The number of hydrogen-bond donors (Lipinski definition) is 2. The van der Waals surface area contributed by atoms with Crippen LogP contribution in [0.5, 0.6) is 0 Å². The lowest BCUT2D eigenvalue weighted by atomic mass is 10.2. The molecule has 19 heavy (non-hydrogen) atoms. The van der Waals surface area contributed by atoms with Gasteiger partial charge in [0.1, 0.15) is 5.82 Å². The number of thiophene rings is 1. The van der Waals surface area contributed by atoms with Gasteiger partial charge in [-0.05, 0) is 39.3 Å². The number of nitrogens with one attached hydrogen (secondary N) is 2. The summed E-state index contributed by atoms with van der Waals surface area (Å²) < 4.78 is 26.8. The Kier molecular flexibility index (Phi) is 4.07. The van der Waals surface area contributed by atoms with E-state index in [-0.39, 0.29) is 11.1 Å². The lowest BCUT2D eigenvalue weighted by Gasteiger charge is -2.12. The molecule has 0 fully saturated rings. The predicted octanol–water partition coefficient (Wildman–Crippen LogP) is 2.00. The first-order valence-corrected chi connectivity index (χ1v) is 8.26. The highest BCUT2D eigenvalue weighted by molar-refractivity contribution is 7.89. The van der Waals surface area contributed by atoms with E-state index in [1.807, 2.05) is 26.0 Å². The van der Waals surface area contributed by atoms with Crippen molar-refractivity contribution in [2.24, 2.45) is 0 Å². The third kappa shape index (κ3) is 3.65. The molecule has 0 aliphatic rings. The van der Waals surface area contributed by atoms with Crippen LogP contribution in [0.2, 0.25) is 0 Å². The van der Waals surface area contributed by atoms with Crippen molar-refractivity contribution in [1.82, 2.24) is 14.7 Å². The number of aromatic amines is 1. The average Bonchev–Trinajstić information content (AvgIpc) is 2.87. The number of H-pyrrole nitrogens is 1. The fourth-order valence-corrected chi connectivity index (χ4v) is 4.03. The second kappa shape index (κ2) is 5.44. The smallest absolute Gasteiger partial charge is 0.257 e. The topological polar surface area (TPSA) is 74.8 Å². The van der Waals surface area contributed by atoms with Crippen molar-refractivity contribution >= 4 is 21.4 Å². The molecule has 0 saturated heterocycles. The Morgan fingerprint density at radius 3 is 2.68 bits per heavy atom. The molecule has 0 saturated carbocycles. The summed E-state index contributed by atoms with van der Waals surface area (Å²) in [6.07, 6.45) is 2.02. The molecule has 0 spiro atoms. The van der Waals surface area contributed by atoms with E-state index in [1.54, 1.807) is 18.3 Å². The molecular formula is C12H17N3O2S2. The Bertz CT molecular complexity index is 658. The molecule has 1 unspecified atom stereocenters. The van der Waals surface area contributed by atoms with Crippen LogP contribution in [0.15, 0.2) is 23.4 Å². The predicted molar refractivity (Wildman–Crippen MR) is 75.9 cm³/mol. The van der Waals surface area contributed by atoms with E-state index < -0.39 is 10.0 Å². The number of aromatic nitrogens is 2. The van der Waals surface area contributed by atoms with Gasteiger partial charge in [0.25, 0.3) is 10.0 Å². The van der Waals surface area contributed by atoms with Gasteiger partial charge < -0.3 is 4.98 Å². The number of aryl methyl sites for hydroxylation is 2. The summed E-state index contributed by atoms with van der Waals surface area (Å²) in [4.78, 5) is 9.04. The Balaban J connectivity index is 2.04. The largest absolute Gasteiger partial charge is 0.332 e. The van der Waals surface area contributed by atoms with Gasteiger partial charge in [-0.2, -0.15) is 0 Å². The van der Waals surface area contributed by atoms with Crippen LogP contribution in [0.4, 0.5) is 0 Å². The molecule has 0 amide bonds. The highest BCUT2D eigenvalue weighted by Crippen LogP contribution is 2.17. The van der Waals surface area contributed by atoms with E-state index in [0.29, 0.717) is 12.2 Å². The molecule has 104 valence electrons. The Labute approximate surface area is 117 Å². The fraction of sp³-hybridized carbons (Fsp3) is 0.417. The zero-order valence-electron chi connectivity index (χ0n) is 11.1. The first kappa shape index (κ1) is 14.2. The van der Waals surface area contributed by atoms with Gasteiger partial charge in [0.15, 0.2) is 5.03 Å². The van der Waals surface area contributed by atoms with E-state index in [1.165, 1.54) is 16.0 Å². The summed E-state index contributed by atoms with van der Waals surface area (Å²) in [5.74, 6) is 0.585. The van der Waals surface area contributed by atoms with Crippen LogP contribution in [-0.4, -0.2) is 24.4 Å². The monoisotopic (exact) mass is 299 g/mol. The van der Waals surface area contributed by atoms with Crippen LogP contribution < -0.4 is 4.72 Å². The first-order valence-electron chi connectivity index (χ1n) is 5.96. The second-order valence-corrected chi connectivity index (χ2v) is 7.63. The maximum absolute atomic E-state index is 12.1. The Morgan fingerprint density at radius 1 is 1.42 bits per heavy atom. The van der Waals surface area contributed by atoms with Crippen LogP contribution in [0.3, 0.4) is 0 Å². The maximum atomic E-state index is 12.1. The van der Waals surface area contributed by atoms with Crippen molar-refractivity contribution in [2.45, 2.75) is 38.3 Å². The van der Waals surface area contributed by atoms with Gasteiger partial charge >= 0.3 is 0 Å². The number of rotatable bonds is 5. The fourth-order valence-electron chi connectivity index (χ4n) is 1.80. The van der Waals surface area contributed by atoms with Crippen LogP contribution in [0, 0.1) is 13.8 Å². The molecule has 0 aliphatic carbocycles. The minimum absolute atomic E-state index is 0.110. The van der Waals surface area contributed by atoms with Gasteiger partial charge in [-0.1, -0.05) is 0 Å². The minimum Gasteiger partial charge on any atom is -0.332 e. The molecule has 7 heteroatoms. The Hall–Kier alpha value is -1.18. The van der Waals surface area contributed by atoms with Gasteiger partial charge in [0.2, 0.25) is 0 Å². The van der Waals surface area contributed by atoms with Crippen molar-refractivity contribution in [1.29, 1.82) is 0 Å². The molecular weight excluding hydrogens is 282 g/mol. The van der Waals surface area contributed by atoms with Crippen LogP contribution in [0.25, 0.3) is 0 Å². The van der Waals surface area contributed by atoms with Gasteiger partial charge in [-0.25, -0.2) is 18.1 Å². The van der Waals surface area contributed by atoms with Crippen molar-refractivity contribution in [2.75, 3.05) is 0 Å². The average molecular weight is 299 g/mol. The number of hydrogen-bond acceptors (Lipinski definition) is 4. The normalized spacial score (nSPS) is 13.6. The summed E-state index contributed by atoms with van der Waals surface area (Å²) in [6, 6.07) is 3.91. The van der Waals surface area contributed by atoms with Gasteiger partial charge in [-0.15, -0.1) is 11.3 Å². The van der Waals surface area contributed by atoms with Crippen molar-refractivity contribution in [3.63, 3.8) is 0 Å². The molecule has 1 atom stereocenters. The number of nitrogens with zero attached hydrogens (tertiary/aromatic N) is 1. The van der Waals surface area contributed by atoms with E-state index in [4.69, 9.17) is 0 Å². The van der Waals surface area contributed by atoms with E-state index in [2.05, 4.69) is 14.7 Å². The lowest BCUT2D eigenvalue weighted by molar-refractivity contribution is 0.557. The first-order chi connectivity index (χ1) is 8.87. The SMILES string of the molecule is Cc1ncc(S(=O)(=O)NC(C)Cc2ccc(C)s2)[nH]1. The molecule has 0 bridgehead atoms. The van der Waals surface area contributed by atoms with Crippen LogP contribution in [0.1, 0.15) is 22.5 Å². The summed E-state index contributed by atoms with van der Waals surface area (Å²) in [6.45, 7) is 5.61. The van der Waals surface area contributed by atoms with E-state index in [9.17, 15) is 8.42 Å². The summed E-state index contributed by atoms with van der Waals surface area (Å²) in [7, 11) is -3.52. The standard InChI is InChI=1S/C12H17N3O2S2/c1-8(6-11-5-4-9(2)18-11)15-19(16,17)12-7-13-10(3)14-12/h4-5,7-8,15H,6H2,1-3H3,(H,13,14). The van der Waals surface area contributed by atoms with Crippen molar-refractivity contribution in [3.05, 3.63) is 33.9 Å². The zero-order chi connectivity index (χ0) is 14.0. The van der Waals surface area contributed by atoms with Gasteiger partial charge in [0.05, 0.1) is 6.20 Å². The molecule has 0 aromatic carbocycles. The summed E-state index contributed by atoms with van der Waals surface area (Å²) >= 11 is 1.69. The summed E-state index contributed by atoms with van der Waals surface area (Å²) in [5, 5.41) is 0.110. The van der Waals surface area contributed by atoms with Crippen LogP contribution in [-0.2, 0) is 16.4 Å². The van der Waals surface area contributed by atoms with Gasteiger partial charge in [0, 0.05) is 15.8 Å². The zero-order valence-corrected chi connectivity index (χ0v) is 12.7. The lowest BCUT2D eigenvalue weighted by Crippen LogP contribution is -2.34. The maximum Gasteiger partial charge on any atom is 0.257 e. The molecule has 2 N–H and O–H groups in total. The molecule has 0 radical (unpaired) electrons. The highest BCUT2D eigenvalue weighted by Gasteiger charge is 2.19. The van der Waals surface area contributed by atoms with Crippen LogP contribution >= 0.6 is 11.3 Å². The van der Waals surface area contributed by atoms with Crippen molar-refractivity contribution in [3.8, 4) is 0 Å². The third-order valence-electron chi connectivity index (χ3n) is 2.63. The third-order valence-corrected chi connectivity index (χ3v) is 5.15. The highest BCUT2D eigenvalue weighted by atomic mass is 32.2. The van der Waals surface area contributed by atoms with Crippen molar-refractivity contribution < 1.29 is 8.42 Å². The Morgan fingerprint density at radius 2 is 2.16 bits per heavy atom. The number of imidazole rings is 1. The quantitative estimate of drug-likeness (QED) is 0.886. The molecule has 2 aromatic rings. The molecule has 2 rings (SSSR count). The minimum atomic E-state index is -3.52. The van der Waals surface area contributed by atoms with E-state index in [0.717, 1.165) is 0 Å². The number of sulfonamides is 1.